The van der Waals surface area contributed by atoms with Gasteiger partial charge in [0, 0.05) is 43.6 Å². The summed E-state index contributed by atoms with van der Waals surface area (Å²) in [5, 5.41) is 3.29. The zero-order valence-electron chi connectivity index (χ0n) is 13.6. The van der Waals surface area contributed by atoms with Crippen molar-refractivity contribution in [3.05, 3.63) is 0 Å². The average Bonchev–Trinajstić information content (AvgIpc) is 3.04. The highest BCUT2D eigenvalue weighted by atomic mass is 16.5. The van der Waals surface area contributed by atoms with E-state index in [0.717, 1.165) is 32.0 Å². The van der Waals surface area contributed by atoms with Crippen molar-refractivity contribution in [3.8, 4) is 0 Å². The molecule has 4 heteroatoms. The summed E-state index contributed by atoms with van der Waals surface area (Å²) < 4.78 is 6.01. The third kappa shape index (κ3) is 2.92. The van der Waals surface area contributed by atoms with Crippen LogP contribution < -0.4 is 5.32 Å². The second-order valence-corrected chi connectivity index (χ2v) is 7.83. The summed E-state index contributed by atoms with van der Waals surface area (Å²) >= 11 is 0. The van der Waals surface area contributed by atoms with Crippen LogP contribution in [-0.4, -0.2) is 48.7 Å². The first-order valence-corrected chi connectivity index (χ1v) is 9.47. The van der Waals surface area contributed by atoms with Crippen molar-refractivity contribution >= 4 is 5.91 Å². The van der Waals surface area contributed by atoms with Crippen molar-refractivity contribution in [2.45, 2.75) is 76.0 Å². The summed E-state index contributed by atoms with van der Waals surface area (Å²) in [4.78, 5) is 15.4. The Morgan fingerprint density at radius 2 is 1.82 bits per heavy atom. The van der Waals surface area contributed by atoms with Crippen LogP contribution in [0.25, 0.3) is 0 Å². The Morgan fingerprint density at radius 3 is 2.55 bits per heavy atom. The third-order valence-electron chi connectivity index (χ3n) is 6.53. The molecule has 4 aliphatic rings. The standard InChI is InChI=1S/C18H30N2O2/c21-18(19-13-4-3-5-13)15-9-11-22-17-8-10-20(12-16(15)17)14-6-1-2-7-14/h13-17H,1-12H2,(H,19,21)/t15-,16+,17-/m1/s1. The number of hydrogen-bond acceptors (Lipinski definition) is 3. The Balaban J connectivity index is 1.41. The van der Waals surface area contributed by atoms with Crippen LogP contribution in [0.15, 0.2) is 0 Å². The van der Waals surface area contributed by atoms with Crippen LogP contribution in [0.2, 0.25) is 0 Å². The largest absolute Gasteiger partial charge is 0.378 e. The van der Waals surface area contributed by atoms with Crippen LogP contribution >= 0.6 is 0 Å². The number of carbonyl (C=O) groups excluding carboxylic acids is 1. The lowest BCUT2D eigenvalue weighted by molar-refractivity contribution is -0.144. The summed E-state index contributed by atoms with van der Waals surface area (Å²) in [6.45, 7) is 3.02. The van der Waals surface area contributed by atoms with Gasteiger partial charge in [-0.25, -0.2) is 0 Å². The average molecular weight is 306 g/mol. The minimum atomic E-state index is 0.184. The number of nitrogens with zero attached hydrogens (tertiary/aromatic N) is 1. The number of likely N-dealkylation sites (tertiary alicyclic amines) is 1. The molecular formula is C18H30N2O2. The number of amides is 1. The van der Waals surface area contributed by atoms with Crippen molar-refractivity contribution in [2.24, 2.45) is 11.8 Å². The lowest BCUT2D eigenvalue weighted by Gasteiger charge is -2.46. The highest BCUT2D eigenvalue weighted by molar-refractivity contribution is 5.79. The molecule has 0 aromatic carbocycles. The van der Waals surface area contributed by atoms with Gasteiger partial charge in [0.1, 0.15) is 0 Å². The zero-order chi connectivity index (χ0) is 14.9. The molecule has 0 aromatic rings. The minimum absolute atomic E-state index is 0.184. The monoisotopic (exact) mass is 306 g/mol. The van der Waals surface area contributed by atoms with E-state index in [1.165, 1.54) is 51.5 Å². The van der Waals surface area contributed by atoms with Crippen molar-refractivity contribution in [1.82, 2.24) is 10.2 Å². The maximum Gasteiger partial charge on any atom is 0.223 e. The molecule has 0 aromatic heterocycles. The molecule has 1 amide bonds. The minimum Gasteiger partial charge on any atom is -0.378 e. The van der Waals surface area contributed by atoms with Gasteiger partial charge in [0.15, 0.2) is 0 Å². The number of carbonyl (C=O) groups is 1. The normalized spacial score (nSPS) is 37.5. The Kier molecular flexibility index (Phi) is 4.40. The van der Waals surface area contributed by atoms with Crippen LogP contribution in [0.5, 0.6) is 0 Å². The topological polar surface area (TPSA) is 41.6 Å². The molecule has 22 heavy (non-hydrogen) atoms. The summed E-state index contributed by atoms with van der Waals surface area (Å²) in [5.41, 5.74) is 0. The van der Waals surface area contributed by atoms with Crippen LogP contribution in [0, 0.1) is 11.8 Å². The molecule has 0 radical (unpaired) electrons. The molecule has 2 heterocycles. The summed E-state index contributed by atoms with van der Waals surface area (Å²) in [6.07, 6.45) is 11.5. The molecular weight excluding hydrogens is 276 g/mol. The molecule has 1 N–H and O–H groups in total. The molecule has 124 valence electrons. The Labute approximate surface area is 134 Å². The molecule has 0 unspecified atom stereocenters. The van der Waals surface area contributed by atoms with Gasteiger partial charge in [-0.05, 0) is 44.9 Å². The number of rotatable bonds is 3. The third-order valence-corrected chi connectivity index (χ3v) is 6.53. The number of ether oxygens (including phenoxy) is 1. The fourth-order valence-corrected chi connectivity index (χ4v) is 4.93. The highest BCUT2D eigenvalue weighted by Gasteiger charge is 2.43. The fourth-order valence-electron chi connectivity index (χ4n) is 4.93. The summed E-state index contributed by atoms with van der Waals surface area (Å²) in [5.74, 6) is 0.919. The van der Waals surface area contributed by atoms with Crippen LogP contribution in [0.4, 0.5) is 0 Å². The maximum atomic E-state index is 12.7. The van der Waals surface area contributed by atoms with Crippen LogP contribution in [0.1, 0.15) is 57.8 Å². The SMILES string of the molecule is O=C(NC1CCC1)[C@@H]1CCO[C@@H]2CCN(C3CCCC3)C[C@H]21. The lowest BCUT2D eigenvalue weighted by Crippen LogP contribution is -2.56. The van der Waals surface area contributed by atoms with Gasteiger partial charge < -0.3 is 10.1 Å². The molecule has 2 aliphatic carbocycles. The van der Waals surface area contributed by atoms with E-state index in [1.54, 1.807) is 0 Å². The quantitative estimate of drug-likeness (QED) is 0.870. The summed E-state index contributed by atoms with van der Waals surface area (Å²) in [7, 11) is 0. The second-order valence-electron chi connectivity index (χ2n) is 7.83. The van der Waals surface area contributed by atoms with Crippen molar-refractivity contribution in [2.75, 3.05) is 19.7 Å². The predicted octanol–water partition coefficient (Wildman–Crippen LogP) is 2.32. The van der Waals surface area contributed by atoms with Gasteiger partial charge in [0.25, 0.3) is 0 Å². The molecule has 4 nitrogen and oxygen atoms in total. The number of fused-ring (bicyclic) bond motifs is 1. The van der Waals surface area contributed by atoms with E-state index in [9.17, 15) is 4.79 Å². The molecule has 4 fully saturated rings. The second kappa shape index (κ2) is 6.48. The molecule has 2 saturated carbocycles. The van der Waals surface area contributed by atoms with E-state index in [-0.39, 0.29) is 5.92 Å². The van der Waals surface area contributed by atoms with E-state index in [4.69, 9.17) is 4.74 Å². The van der Waals surface area contributed by atoms with Crippen molar-refractivity contribution < 1.29 is 9.53 Å². The van der Waals surface area contributed by atoms with Crippen molar-refractivity contribution in [3.63, 3.8) is 0 Å². The van der Waals surface area contributed by atoms with Gasteiger partial charge in [0.2, 0.25) is 5.91 Å². The fraction of sp³-hybridized carbons (Fsp3) is 0.944. The van der Waals surface area contributed by atoms with Gasteiger partial charge in [-0.2, -0.15) is 0 Å². The van der Waals surface area contributed by atoms with E-state index in [0.29, 0.717) is 24.0 Å². The zero-order valence-corrected chi connectivity index (χ0v) is 13.6. The predicted molar refractivity (Wildman–Crippen MR) is 85.6 cm³/mol. The van der Waals surface area contributed by atoms with Gasteiger partial charge >= 0.3 is 0 Å². The number of piperidine rings is 1. The van der Waals surface area contributed by atoms with Gasteiger partial charge in [-0.3, -0.25) is 9.69 Å². The van der Waals surface area contributed by atoms with Gasteiger partial charge in [0.05, 0.1) is 6.10 Å². The van der Waals surface area contributed by atoms with Gasteiger partial charge in [-0.1, -0.05) is 12.8 Å². The summed E-state index contributed by atoms with van der Waals surface area (Å²) in [6, 6.07) is 1.24. The molecule has 0 bridgehead atoms. The molecule has 3 atom stereocenters. The molecule has 4 rings (SSSR count). The van der Waals surface area contributed by atoms with Gasteiger partial charge in [-0.15, -0.1) is 0 Å². The first-order valence-electron chi connectivity index (χ1n) is 9.47. The van der Waals surface area contributed by atoms with E-state index >= 15 is 0 Å². The Hall–Kier alpha value is -0.610. The van der Waals surface area contributed by atoms with Crippen molar-refractivity contribution in [1.29, 1.82) is 0 Å². The van der Waals surface area contributed by atoms with Crippen LogP contribution in [-0.2, 0) is 9.53 Å². The number of nitrogens with one attached hydrogen (secondary N) is 1. The first kappa shape index (κ1) is 14.9. The molecule has 0 spiro atoms. The molecule has 2 aliphatic heterocycles. The van der Waals surface area contributed by atoms with Crippen LogP contribution in [0.3, 0.4) is 0 Å². The number of hydrogen-bond donors (Lipinski definition) is 1. The Morgan fingerprint density at radius 1 is 1.00 bits per heavy atom. The Bertz CT molecular complexity index is 404. The van der Waals surface area contributed by atoms with E-state index < -0.39 is 0 Å². The van der Waals surface area contributed by atoms with E-state index in [2.05, 4.69) is 10.2 Å². The first-order chi connectivity index (χ1) is 10.8. The molecule has 2 saturated heterocycles. The van der Waals surface area contributed by atoms with E-state index in [1.807, 2.05) is 0 Å². The lowest BCUT2D eigenvalue weighted by atomic mass is 9.78. The smallest absolute Gasteiger partial charge is 0.223 e. The maximum absolute atomic E-state index is 12.7. The highest BCUT2D eigenvalue weighted by Crippen LogP contribution is 2.36.